The fourth-order valence-corrected chi connectivity index (χ4v) is 5.96. The number of hydrogen-bond donors (Lipinski definition) is 2. The predicted octanol–water partition coefficient (Wildman–Crippen LogP) is 6.27. The minimum atomic E-state index is -0.670. The van der Waals surface area contributed by atoms with Gasteiger partial charge in [-0.2, -0.15) is 0 Å². The lowest BCUT2D eigenvalue weighted by Crippen LogP contribution is -2.55. The van der Waals surface area contributed by atoms with Crippen LogP contribution < -0.4 is 10.1 Å². The van der Waals surface area contributed by atoms with Crippen molar-refractivity contribution < 1.29 is 19.2 Å². The van der Waals surface area contributed by atoms with Crippen molar-refractivity contribution in [3.05, 3.63) is 104 Å². The van der Waals surface area contributed by atoms with Gasteiger partial charge in [-0.1, -0.05) is 41.4 Å². The standard InChI is InChI=1S/C31H28Cl2N6O5/c1-17(2)44-26-14-21(39(42)43)8-10-23(26)30-36-28(24-15-35-25-13-20(33)7-9-22(24)25)29(18-3-5-19(32)6-4-18)38(30)31(41)37-12-11-34-27(40)16-37/h3-10,13-15,17,28-29,35H,11-12,16H2,1-2H3,(H,34,40)/t28-,29+/m0/s1. The van der Waals surface area contributed by atoms with E-state index in [4.69, 9.17) is 32.9 Å². The second-order valence-corrected chi connectivity index (χ2v) is 11.7. The maximum absolute atomic E-state index is 14.5. The lowest BCUT2D eigenvalue weighted by atomic mass is 9.93. The number of non-ortho nitro benzene ring substituents is 1. The number of benzene rings is 3. The molecule has 11 nitrogen and oxygen atoms in total. The topological polar surface area (TPSA) is 133 Å². The van der Waals surface area contributed by atoms with Gasteiger partial charge < -0.3 is 19.9 Å². The molecule has 1 saturated heterocycles. The van der Waals surface area contributed by atoms with Gasteiger partial charge in [-0.3, -0.25) is 24.8 Å². The Hall–Kier alpha value is -4.61. The number of carbonyl (C=O) groups excluding carboxylic acids is 2. The Kier molecular flexibility index (Phi) is 7.91. The number of fused-ring (bicyclic) bond motifs is 1. The molecule has 0 unspecified atom stereocenters. The second-order valence-electron chi connectivity index (χ2n) is 10.9. The van der Waals surface area contributed by atoms with Crippen molar-refractivity contribution in [2.24, 2.45) is 4.99 Å². The molecule has 6 rings (SSSR count). The van der Waals surface area contributed by atoms with Crippen LogP contribution in [0.25, 0.3) is 10.9 Å². The molecule has 2 aliphatic rings. The lowest BCUT2D eigenvalue weighted by molar-refractivity contribution is -0.384. The number of urea groups is 1. The maximum Gasteiger partial charge on any atom is 0.326 e. The number of rotatable bonds is 6. The van der Waals surface area contributed by atoms with Gasteiger partial charge in [0.25, 0.3) is 5.69 Å². The summed E-state index contributed by atoms with van der Waals surface area (Å²) in [5, 5.41) is 16.4. The molecule has 1 aromatic heterocycles. The van der Waals surface area contributed by atoms with E-state index in [-0.39, 0.29) is 35.8 Å². The summed E-state index contributed by atoms with van der Waals surface area (Å²) < 4.78 is 6.07. The summed E-state index contributed by atoms with van der Waals surface area (Å²) in [5.74, 6) is 0.206. The van der Waals surface area contributed by atoms with E-state index in [0.29, 0.717) is 28.7 Å². The lowest BCUT2D eigenvalue weighted by Gasteiger charge is -2.35. The van der Waals surface area contributed by atoms with Crippen molar-refractivity contribution in [2.45, 2.75) is 32.0 Å². The summed E-state index contributed by atoms with van der Waals surface area (Å²) >= 11 is 12.5. The number of amidine groups is 1. The van der Waals surface area contributed by atoms with Crippen molar-refractivity contribution in [3.8, 4) is 5.75 Å². The molecule has 4 aromatic rings. The van der Waals surface area contributed by atoms with Crippen molar-refractivity contribution in [1.29, 1.82) is 0 Å². The van der Waals surface area contributed by atoms with Crippen molar-refractivity contribution in [2.75, 3.05) is 19.6 Å². The minimum absolute atomic E-state index is 0.123. The minimum Gasteiger partial charge on any atom is -0.490 e. The molecular weight excluding hydrogens is 607 g/mol. The van der Waals surface area contributed by atoms with Crippen molar-refractivity contribution in [1.82, 2.24) is 20.1 Å². The SMILES string of the molecule is CC(C)Oc1cc([N+](=O)[O-])ccc1C1=N[C@@H](c2c[nH]c3cc(Cl)ccc23)[C@@H](c2ccc(Cl)cc2)N1C(=O)N1CCNC(=O)C1. The number of halogens is 2. The summed E-state index contributed by atoms with van der Waals surface area (Å²) in [7, 11) is 0. The predicted molar refractivity (Wildman–Crippen MR) is 167 cm³/mol. The fraction of sp³-hybridized carbons (Fsp3) is 0.258. The second kappa shape index (κ2) is 11.8. The number of nitro benzene ring substituents is 1. The van der Waals surface area contributed by atoms with Crippen molar-refractivity contribution >= 4 is 57.6 Å². The zero-order valence-corrected chi connectivity index (χ0v) is 25.3. The van der Waals surface area contributed by atoms with Crippen LogP contribution in [0.15, 0.2) is 71.9 Å². The third-order valence-corrected chi connectivity index (χ3v) is 8.05. The third kappa shape index (κ3) is 5.56. The number of aliphatic imine (C=N–C) groups is 1. The van der Waals surface area contributed by atoms with Gasteiger partial charge in [-0.25, -0.2) is 4.79 Å². The summed E-state index contributed by atoms with van der Waals surface area (Å²) in [6, 6.07) is 15.2. The molecule has 2 N–H and O–H groups in total. The maximum atomic E-state index is 14.5. The Morgan fingerprint density at radius 3 is 2.55 bits per heavy atom. The number of aromatic amines is 1. The Morgan fingerprint density at radius 1 is 1.09 bits per heavy atom. The van der Waals surface area contributed by atoms with E-state index in [1.54, 1.807) is 29.2 Å². The normalized spacial score (nSPS) is 18.5. The van der Waals surface area contributed by atoms with Crippen LogP contribution in [0.2, 0.25) is 10.0 Å². The molecule has 2 aliphatic heterocycles. The van der Waals surface area contributed by atoms with Crippen LogP contribution in [0.4, 0.5) is 10.5 Å². The average molecular weight is 636 g/mol. The highest BCUT2D eigenvalue weighted by Gasteiger charge is 2.46. The molecule has 0 radical (unpaired) electrons. The number of aromatic nitrogens is 1. The smallest absolute Gasteiger partial charge is 0.326 e. The van der Waals surface area contributed by atoms with Crippen LogP contribution in [0.3, 0.4) is 0 Å². The fourth-order valence-electron chi connectivity index (χ4n) is 5.66. The zero-order chi connectivity index (χ0) is 31.1. The molecule has 3 amide bonds. The number of nitrogens with one attached hydrogen (secondary N) is 2. The molecule has 0 spiro atoms. The molecule has 0 bridgehead atoms. The number of carbonyl (C=O) groups is 2. The highest BCUT2D eigenvalue weighted by atomic mass is 35.5. The first kappa shape index (κ1) is 29.5. The van der Waals surface area contributed by atoms with Gasteiger partial charge in [0.05, 0.1) is 28.7 Å². The molecular formula is C31H28Cl2N6O5. The molecule has 2 atom stereocenters. The van der Waals surface area contributed by atoms with Crippen LogP contribution in [0.1, 0.15) is 42.6 Å². The molecule has 1 fully saturated rings. The first-order valence-corrected chi connectivity index (χ1v) is 14.8. The Balaban J connectivity index is 1.59. The quantitative estimate of drug-likeness (QED) is 0.191. The van der Waals surface area contributed by atoms with Crippen LogP contribution in [-0.4, -0.2) is 63.2 Å². The van der Waals surface area contributed by atoms with E-state index in [0.717, 1.165) is 22.0 Å². The van der Waals surface area contributed by atoms with Crippen LogP contribution in [0, 0.1) is 10.1 Å². The molecule has 226 valence electrons. The van der Waals surface area contributed by atoms with E-state index in [2.05, 4.69) is 10.3 Å². The first-order valence-electron chi connectivity index (χ1n) is 14.0. The molecule has 3 heterocycles. The number of amides is 3. The van der Waals surface area contributed by atoms with Gasteiger partial charge in [0.15, 0.2) is 0 Å². The summed E-state index contributed by atoms with van der Waals surface area (Å²) in [4.78, 5) is 49.5. The number of piperazine rings is 1. The van der Waals surface area contributed by atoms with Gasteiger partial charge >= 0.3 is 6.03 Å². The summed E-state index contributed by atoms with van der Waals surface area (Å²) in [6.45, 7) is 4.10. The number of ether oxygens (including phenoxy) is 1. The Morgan fingerprint density at radius 2 is 1.84 bits per heavy atom. The van der Waals surface area contributed by atoms with Crippen molar-refractivity contribution in [3.63, 3.8) is 0 Å². The molecule has 0 aliphatic carbocycles. The molecule has 0 saturated carbocycles. The van der Waals surface area contributed by atoms with Gasteiger partial charge in [0.2, 0.25) is 5.91 Å². The largest absolute Gasteiger partial charge is 0.490 e. The monoisotopic (exact) mass is 634 g/mol. The van der Waals surface area contributed by atoms with Crippen LogP contribution >= 0.6 is 23.2 Å². The molecule has 3 aromatic carbocycles. The van der Waals surface area contributed by atoms with E-state index in [9.17, 15) is 19.7 Å². The number of H-pyrrole nitrogens is 1. The number of nitro groups is 1. The number of hydrogen-bond acceptors (Lipinski definition) is 6. The third-order valence-electron chi connectivity index (χ3n) is 7.57. The van der Waals surface area contributed by atoms with E-state index in [1.165, 1.54) is 17.0 Å². The first-order chi connectivity index (χ1) is 21.1. The Labute approximate surface area is 262 Å². The van der Waals surface area contributed by atoms with E-state index >= 15 is 0 Å². The van der Waals surface area contributed by atoms with E-state index in [1.807, 2.05) is 44.3 Å². The van der Waals surface area contributed by atoms with Gasteiger partial charge in [-0.15, -0.1) is 0 Å². The van der Waals surface area contributed by atoms with Gasteiger partial charge in [0.1, 0.15) is 24.2 Å². The Bertz CT molecular complexity index is 1810. The summed E-state index contributed by atoms with van der Waals surface area (Å²) in [5.41, 5.74) is 2.62. The molecule has 13 heteroatoms. The van der Waals surface area contributed by atoms with Gasteiger partial charge in [-0.05, 0) is 49.7 Å². The average Bonchev–Trinajstić information content (AvgIpc) is 3.58. The number of nitrogens with zero attached hydrogens (tertiary/aromatic N) is 4. The highest BCUT2D eigenvalue weighted by Crippen LogP contribution is 2.47. The summed E-state index contributed by atoms with van der Waals surface area (Å²) in [6.07, 6.45) is 1.52. The van der Waals surface area contributed by atoms with Gasteiger partial charge in [0, 0.05) is 51.9 Å². The highest BCUT2D eigenvalue weighted by molar-refractivity contribution is 6.31. The molecule has 44 heavy (non-hydrogen) atoms. The van der Waals surface area contributed by atoms with Crippen LogP contribution in [-0.2, 0) is 4.79 Å². The van der Waals surface area contributed by atoms with Crippen LogP contribution in [0.5, 0.6) is 5.75 Å². The zero-order valence-electron chi connectivity index (χ0n) is 23.8. The van der Waals surface area contributed by atoms with E-state index < -0.39 is 23.0 Å².